The molecule has 28 heavy (non-hydrogen) atoms. The first-order valence-corrected chi connectivity index (χ1v) is 11.4. The molecule has 0 aliphatic heterocycles. The van der Waals surface area contributed by atoms with Crippen LogP contribution in [0.25, 0.3) is 0 Å². The summed E-state index contributed by atoms with van der Waals surface area (Å²) in [7, 11) is 0. The van der Waals surface area contributed by atoms with E-state index in [1.54, 1.807) is 0 Å². The SMILES string of the molecule is c1ccc(SC(Sc2ccccc2)(Sc2ccccc2)c2ccccn2)cc1. The van der Waals surface area contributed by atoms with Gasteiger partial charge in [0.15, 0.2) is 3.41 Å². The molecule has 4 aromatic rings. The van der Waals surface area contributed by atoms with E-state index in [0.717, 1.165) is 5.69 Å². The van der Waals surface area contributed by atoms with Gasteiger partial charge in [0.05, 0.1) is 5.69 Å². The lowest BCUT2D eigenvalue weighted by Gasteiger charge is -2.31. The van der Waals surface area contributed by atoms with Crippen molar-refractivity contribution in [3.63, 3.8) is 0 Å². The van der Waals surface area contributed by atoms with Crippen LogP contribution in [0, 0.1) is 0 Å². The monoisotopic (exact) mass is 417 g/mol. The second-order valence-corrected chi connectivity index (χ2v) is 10.7. The lowest BCUT2D eigenvalue weighted by atomic mass is 10.4. The molecular weight excluding hydrogens is 398 g/mol. The van der Waals surface area contributed by atoms with Crippen molar-refractivity contribution < 1.29 is 0 Å². The van der Waals surface area contributed by atoms with Gasteiger partial charge in [-0.3, -0.25) is 4.98 Å². The van der Waals surface area contributed by atoms with Gasteiger partial charge < -0.3 is 0 Å². The molecule has 0 fully saturated rings. The third-order valence-electron chi connectivity index (χ3n) is 3.96. The summed E-state index contributed by atoms with van der Waals surface area (Å²) in [6.07, 6.45) is 1.88. The summed E-state index contributed by atoms with van der Waals surface area (Å²) in [5, 5.41) is 0. The Bertz CT molecular complexity index is 876. The molecule has 0 unspecified atom stereocenters. The van der Waals surface area contributed by atoms with Crippen molar-refractivity contribution in [1.29, 1.82) is 0 Å². The van der Waals surface area contributed by atoms with E-state index in [1.165, 1.54) is 14.7 Å². The lowest BCUT2D eigenvalue weighted by molar-refractivity contribution is 1.11. The molecule has 0 N–H and O–H groups in total. The van der Waals surface area contributed by atoms with Crippen molar-refractivity contribution in [3.05, 3.63) is 121 Å². The molecule has 1 nitrogen and oxygen atoms in total. The smallest absolute Gasteiger partial charge is 0.162 e. The zero-order valence-corrected chi connectivity index (χ0v) is 17.6. The maximum Gasteiger partial charge on any atom is 0.162 e. The van der Waals surface area contributed by atoms with Crippen LogP contribution >= 0.6 is 35.3 Å². The Balaban J connectivity index is 1.82. The first-order valence-electron chi connectivity index (χ1n) is 8.98. The molecule has 0 saturated carbocycles. The van der Waals surface area contributed by atoms with E-state index in [2.05, 4.69) is 103 Å². The molecule has 4 rings (SSSR count). The zero-order valence-electron chi connectivity index (χ0n) is 15.1. The minimum Gasteiger partial charge on any atom is -0.258 e. The Morgan fingerprint density at radius 2 is 0.857 bits per heavy atom. The Labute approximate surface area is 179 Å². The Morgan fingerprint density at radius 3 is 1.21 bits per heavy atom. The second-order valence-electron chi connectivity index (χ2n) is 6.02. The average Bonchev–Trinajstić information content (AvgIpc) is 2.76. The van der Waals surface area contributed by atoms with Crippen LogP contribution in [0.4, 0.5) is 0 Å². The number of thioether (sulfide) groups is 3. The summed E-state index contributed by atoms with van der Waals surface area (Å²) in [6.45, 7) is 0. The van der Waals surface area contributed by atoms with Gasteiger partial charge in [-0.15, -0.1) is 0 Å². The first kappa shape index (κ1) is 19.2. The predicted molar refractivity (Wildman–Crippen MR) is 123 cm³/mol. The van der Waals surface area contributed by atoms with Crippen molar-refractivity contribution in [2.45, 2.75) is 18.1 Å². The molecule has 0 radical (unpaired) electrons. The number of hydrogen-bond donors (Lipinski definition) is 0. The van der Waals surface area contributed by atoms with Gasteiger partial charge >= 0.3 is 0 Å². The second kappa shape index (κ2) is 9.37. The van der Waals surface area contributed by atoms with Gasteiger partial charge in [0.2, 0.25) is 0 Å². The van der Waals surface area contributed by atoms with Crippen LogP contribution in [-0.4, -0.2) is 4.98 Å². The number of benzene rings is 3. The van der Waals surface area contributed by atoms with Crippen LogP contribution in [0.3, 0.4) is 0 Å². The van der Waals surface area contributed by atoms with Crippen LogP contribution in [-0.2, 0) is 3.41 Å². The van der Waals surface area contributed by atoms with Gasteiger partial charge in [0.25, 0.3) is 0 Å². The molecular formula is C24H19NS3. The first-order chi connectivity index (χ1) is 13.8. The van der Waals surface area contributed by atoms with Gasteiger partial charge in [0, 0.05) is 20.9 Å². The molecule has 0 saturated heterocycles. The van der Waals surface area contributed by atoms with E-state index in [-0.39, 0.29) is 3.41 Å². The van der Waals surface area contributed by atoms with E-state index in [4.69, 9.17) is 4.98 Å². The number of hydrogen-bond acceptors (Lipinski definition) is 4. The summed E-state index contributed by atoms with van der Waals surface area (Å²) in [5.74, 6) is 0. The maximum atomic E-state index is 4.78. The number of nitrogens with zero attached hydrogens (tertiary/aromatic N) is 1. The van der Waals surface area contributed by atoms with Gasteiger partial charge in [0.1, 0.15) is 0 Å². The van der Waals surface area contributed by atoms with Crippen molar-refractivity contribution in [3.8, 4) is 0 Å². The summed E-state index contributed by atoms with van der Waals surface area (Å²) in [6, 6.07) is 37.9. The fraction of sp³-hybridized carbons (Fsp3) is 0.0417. The molecule has 0 atom stereocenters. The van der Waals surface area contributed by atoms with E-state index in [0.29, 0.717) is 0 Å². The third-order valence-corrected chi connectivity index (χ3v) is 8.42. The summed E-state index contributed by atoms with van der Waals surface area (Å²) >= 11 is 5.53. The lowest BCUT2D eigenvalue weighted by Crippen LogP contribution is -2.15. The fourth-order valence-electron chi connectivity index (χ4n) is 2.69. The van der Waals surface area contributed by atoms with Gasteiger partial charge in [-0.25, -0.2) is 0 Å². The predicted octanol–water partition coefficient (Wildman–Crippen LogP) is 7.57. The largest absolute Gasteiger partial charge is 0.258 e. The van der Waals surface area contributed by atoms with E-state index >= 15 is 0 Å². The van der Waals surface area contributed by atoms with Crippen molar-refractivity contribution >= 4 is 35.3 Å². The summed E-state index contributed by atoms with van der Waals surface area (Å²) < 4.78 is -0.356. The Kier molecular flexibility index (Phi) is 6.42. The zero-order chi connectivity index (χ0) is 19.1. The number of aromatic nitrogens is 1. The van der Waals surface area contributed by atoms with Crippen LogP contribution in [0.15, 0.2) is 130 Å². The summed E-state index contributed by atoms with van der Waals surface area (Å²) in [5.41, 5.74) is 1.05. The van der Waals surface area contributed by atoms with Crippen molar-refractivity contribution in [1.82, 2.24) is 4.98 Å². The minimum atomic E-state index is -0.356. The van der Waals surface area contributed by atoms with Crippen LogP contribution < -0.4 is 0 Å². The fourth-order valence-corrected chi connectivity index (χ4v) is 7.41. The molecule has 0 aliphatic rings. The number of rotatable bonds is 7. The molecule has 138 valence electrons. The van der Waals surface area contributed by atoms with Gasteiger partial charge in [-0.1, -0.05) is 95.9 Å². The van der Waals surface area contributed by atoms with E-state index in [1.807, 2.05) is 47.5 Å². The quantitative estimate of drug-likeness (QED) is 0.227. The van der Waals surface area contributed by atoms with E-state index in [9.17, 15) is 0 Å². The maximum absolute atomic E-state index is 4.78. The molecule has 3 aromatic carbocycles. The Morgan fingerprint density at radius 1 is 0.464 bits per heavy atom. The molecule has 0 bridgehead atoms. The molecule has 4 heteroatoms. The van der Waals surface area contributed by atoms with Crippen molar-refractivity contribution in [2.75, 3.05) is 0 Å². The normalized spacial score (nSPS) is 11.3. The van der Waals surface area contributed by atoms with Crippen molar-refractivity contribution in [2.24, 2.45) is 0 Å². The Hall–Kier alpha value is -2.14. The van der Waals surface area contributed by atoms with Gasteiger partial charge in [-0.2, -0.15) is 0 Å². The van der Waals surface area contributed by atoms with Gasteiger partial charge in [-0.05, 0) is 48.5 Å². The molecule has 0 aliphatic carbocycles. The van der Waals surface area contributed by atoms with Crippen LogP contribution in [0.2, 0.25) is 0 Å². The van der Waals surface area contributed by atoms with Crippen LogP contribution in [0.5, 0.6) is 0 Å². The highest BCUT2D eigenvalue weighted by Gasteiger charge is 2.38. The van der Waals surface area contributed by atoms with Crippen LogP contribution in [0.1, 0.15) is 5.69 Å². The molecule has 0 amide bonds. The summed E-state index contributed by atoms with van der Waals surface area (Å²) in [4.78, 5) is 8.44. The standard InChI is InChI=1S/C24H19NS3/c1-4-12-20(13-5-1)26-24(23-18-10-11-19-25-23,27-21-14-6-2-7-15-21)28-22-16-8-3-9-17-22/h1-19H. The molecule has 1 heterocycles. The van der Waals surface area contributed by atoms with E-state index < -0.39 is 0 Å². The average molecular weight is 418 g/mol. The molecule has 0 spiro atoms. The molecule has 1 aromatic heterocycles. The topological polar surface area (TPSA) is 12.9 Å². The minimum absolute atomic E-state index is 0.356. The third kappa shape index (κ3) is 4.82. The highest BCUT2D eigenvalue weighted by molar-refractivity contribution is 8.32. The highest BCUT2D eigenvalue weighted by atomic mass is 32.3. The number of pyridine rings is 1. The highest BCUT2D eigenvalue weighted by Crippen LogP contribution is 2.61.